The lowest BCUT2D eigenvalue weighted by atomic mass is 10.1. The van der Waals surface area contributed by atoms with Gasteiger partial charge in [-0.05, 0) is 13.0 Å². The van der Waals surface area contributed by atoms with Crippen LogP contribution in [0.2, 0.25) is 0 Å². The molecule has 0 spiro atoms. The van der Waals surface area contributed by atoms with Crippen LogP contribution in [0.15, 0.2) is 30.6 Å². The highest BCUT2D eigenvalue weighted by Crippen LogP contribution is 2.28. The zero-order chi connectivity index (χ0) is 26.3. The second kappa shape index (κ2) is 12.1. The van der Waals surface area contributed by atoms with Crippen LogP contribution in [0.1, 0.15) is 31.6 Å². The minimum atomic E-state index is -3.96. The highest BCUT2D eigenvalue weighted by Gasteiger charge is 2.32. The molecule has 14 heteroatoms. The van der Waals surface area contributed by atoms with Crippen molar-refractivity contribution in [2.24, 2.45) is 0 Å². The van der Waals surface area contributed by atoms with E-state index in [9.17, 15) is 8.42 Å². The summed E-state index contributed by atoms with van der Waals surface area (Å²) in [6.45, 7) is 3.74. The van der Waals surface area contributed by atoms with E-state index in [-0.39, 0.29) is 19.2 Å². The first-order valence-corrected chi connectivity index (χ1v) is 12.6. The van der Waals surface area contributed by atoms with E-state index in [2.05, 4.69) is 29.9 Å². The quantitative estimate of drug-likeness (QED) is 0.351. The van der Waals surface area contributed by atoms with E-state index >= 15 is 0 Å². The molecule has 0 aliphatic heterocycles. The number of rotatable bonds is 13. The summed E-state index contributed by atoms with van der Waals surface area (Å²) in [7, 11) is 2.13. The molecule has 1 N–H and O–H groups in total. The molecule has 36 heavy (non-hydrogen) atoms. The fourth-order valence-electron chi connectivity index (χ4n) is 3.48. The molecule has 0 bridgehead atoms. The van der Waals surface area contributed by atoms with Gasteiger partial charge in [-0.25, -0.2) is 23.4 Å². The second-order valence-electron chi connectivity index (χ2n) is 7.97. The lowest BCUT2D eigenvalue weighted by molar-refractivity contribution is 0.0908. The van der Waals surface area contributed by atoms with Crippen molar-refractivity contribution in [1.82, 2.24) is 29.7 Å². The normalized spacial score (nSPS) is 13.4. The van der Waals surface area contributed by atoms with Gasteiger partial charge in [0.1, 0.15) is 11.5 Å². The first-order valence-electron chi connectivity index (χ1n) is 11.1. The van der Waals surface area contributed by atoms with Gasteiger partial charge in [0.25, 0.3) is 0 Å². The molecule has 0 saturated heterocycles. The highest BCUT2D eigenvalue weighted by molar-refractivity contribution is 7.93. The number of pyridine rings is 1. The number of anilines is 1. The first-order chi connectivity index (χ1) is 17.2. The van der Waals surface area contributed by atoms with Crippen LogP contribution in [0.4, 0.5) is 5.95 Å². The zero-order valence-electron chi connectivity index (χ0n) is 21.1. The van der Waals surface area contributed by atoms with Crippen molar-refractivity contribution in [2.75, 3.05) is 46.4 Å². The van der Waals surface area contributed by atoms with E-state index in [0.717, 1.165) is 0 Å². The third kappa shape index (κ3) is 6.06. The van der Waals surface area contributed by atoms with Crippen molar-refractivity contribution in [3.63, 3.8) is 0 Å². The molecule has 2 atom stereocenters. The maximum atomic E-state index is 13.4. The number of methoxy groups -OCH3 is 4. The first kappa shape index (κ1) is 27.2. The molecule has 0 saturated carbocycles. The summed E-state index contributed by atoms with van der Waals surface area (Å²) in [5, 5.41) is 7.46. The molecule has 0 amide bonds. The van der Waals surface area contributed by atoms with Gasteiger partial charge in [-0.2, -0.15) is 0 Å². The summed E-state index contributed by atoms with van der Waals surface area (Å²) >= 11 is 0. The molecule has 0 radical (unpaired) electrons. The molecular formula is C22H31N7O6S. The van der Waals surface area contributed by atoms with Gasteiger partial charge in [0, 0.05) is 26.2 Å². The molecule has 0 aliphatic carbocycles. The van der Waals surface area contributed by atoms with Gasteiger partial charge >= 0.3 is 0 Å². The average molecular weight is 522 g/mol. The van der Waals surface area contributed by atoms with Crippen LogP contribution >= 0.6 is 0 Å². The molecule has 2 unspecified atom stereocenters. The predicted octanol–water partition coefficient (Wildman–Crippen LogP) is 1.92. The van der Waals surface area contributed by atoms with Crippen LogP contribution in [-0.4, -0.2) is 85.0 Å². The van der Waals surface area contributed by atoms with E-state index < -0.39 is 27.2 Å². The van der Waals surface area contributed by atoms with E-state index in [4.69, 9.17) is 18.9 Å². The second-order valence-corrected chi connectivity index (χ2v) is 10.0. The van der Waals surface area contributed by atoms with E-state index in [1.54, 1.807) is 50.8 Å². The third-order valence-electron chi connectivity index (χ3n) is 5.66. The summed E-state index contributed by atoms with van der Waals surface area (Å²) < 4.78 is 52.0. The molecule has 0 aromatic carbocycles. The average Bonchev–Trinajstić information content (AvgIpc) is 3.30. The maximum Gasteiger partial charge on any atom is 0.239 e. The number of hydrogen-bond donors (Lipinski definition) is 1. The van der Waals surface area contributed by atoms with Crippen LogP contribution in [0, 0.1) is 0 Å². The van der Waals surface area contributed by atoms with Gasteiger partial charge in [-0.1, -0.05) is 13.0 Å². The Morgan fingerprint density at radius 1 is 0.972 bits per heavy atom. The molecule has 3 aromatic heterocycles. The van der Waals surface area contributed by atoms with Crippen LogP contribution < -0.4 is 14.2 Å². The Hall–Kier alpha value is -3.36. The minimum Gasteiger partial charge on any atom is -0.494 e. The Bertz CT molecular complexity index is 1230. The molecule has 3 aromatic rings. The number of nitrogens with zero attached hydrogens (tertiary/aromatic N) is 6. The molecule has 3 rings (SSSR count). The van der Waals surface area contributed by atoms with Crippen LogP contribution in [0.5, 0.6) is 11.6 Å². The maximum absolute atomic E-state index is 13.4. The molecule has 13 nitrogen and oxygen atoms in total. The summed E-state index contributed by atoms with van der Waals surface area (Å²) in [4.78, 5) is 12.9. The van der Waals surface area contributed by atoms with Gasteiger partial charge in [0.2, 0.25) is 21.9 Å². The number of nitrogens with one attached hydrogen (secondary N) is 1. The topological polar surface area (TPSA) is 152 Å². The van der Waals surface area contributed by atoms with E-state index in [0.29, 0.717) is 29.0 Å². The Labute approximate surface area is 210 Å². The van der Waals surface area contributed by atoms with Gasteiger partial charge in [0.15, 0.2) is 11.6 Å². The van der Waals surface area contributed by atoms with E-state index in [1.165, 1.54) is 26.6 Å². The lowest BCUT2D eigenvalue weighted by Gasteiger charge is -2.23. The fourth-order valence-corrected chi connectivity index (χ4v) is 4.72. The Balaban J connectivity index is 1.99. The summed E-state index contributed by atoms with van der Waals surface area (Å²) in [6.07, 6.45) is 2.99. The lowest BCUT2D eigenvalue weighted by Crippen LogP contribution is -2.32. The largest absolute Gasteiger partial charge is 0.494 e. The predicted molar refractivity (Wildman–Crippen MR) is 132 cm³/mol. The summed E-state index contributed by atoms with van der Waals surface area (Å²) in [5.41, 5.74) is 0.442. The number of aromatic nitrogens is 6. The van der Waals surface area contributed by atoms with E-state index in [1.807, 2.05) is 0 Å². The molecular weight excluding hydrogens is 490 g/mol. The van der Waals surface area contributed by atoms with Gasteiger partial charge in [-0.3, -0.25) is 9.29 Å². The zero-order valence-corrected chi connectivity index (χ0v) is 21.9. The molecule has 0 fully saturated rings. The fraction of sp³-hybridized carbons (Fsp3) is 0.500. The van der Waals surface area contributed by atoms with Crippen molar-refractivity contribution in [3.8, 4) is 23.1 Å². The summed E-state index contributed by atoms with van der Waals surface area (Å²) in [6, 6.07) is 4.72. The van der Waals surface area contributed by atoms with Gasteiger partial charge in [0.05, 0.1) is 51.1 Å². The Morgan fingerprint density at radius 2 is 1.64 bits per heavy atom. The standard InChI is InChI=1S/C22H31N7O6S/c1-14(20-23-10-17(34-5)11-24-20)15(2)36(30,31)28-22-27-26-21(18-8-7-9-19(25-18)35-6)29(22)16(12-32-3)13-33-4/h7-11,14-16H,12-13H2,1-6H3,(H,27,28). The SMILES string of the molecule is COCC(COC)n1c(NS(=O)(=O)C(C)C(C)c2ncc(OC)cn2)nnc1-c1cccc(OC)n1. The summed E-state index contributed by atoms with van der Waals surface area (Å²) in [5.74, 6) is 1.02. The molecule has 3 heterocycles. The van der Waals surface area contributed by atoms with Gasteiger partial charge in [-0.15, -0.1) is 10.2 Å². The van der Waals surface area contributed by atoms with Crippen molar-refractivity contribution >= 4 is 16.0 Å². The van der Waals surface area contributed by atoms with Gasteiger partial charge < -0.3 is 18.9 Å². The van der Waals surface area contributed by atoms with Crippen molar-refractivity contribution in [2.45, 2.75) is 31.1 Å². The molecule has 196 valence electrons. The minimum absolute atomic E-state index is 0.00317. The number of ether oxygens (including phenoxy) is 4. The van der Waals surface area contributed by atoms with Crippen molar-refractivity contribution < 1.29 is 27.4 Å². The van der Waals surface area contributed by atoms with Crippen LogP contribution in [0.25, 0.3) is 11.5 Å². The third-order valence-corrected chi connectivity index (χ3v) is 7.51. The van der Waals surface area contributed by atoms with Crippen LogP contribution in [0.3, 0.4) is 0 Å². The van der Waals surface area contributed by atoms with Crippen LogP contribution in [-0.2, 0) is 19.5 Å². The Kier molecular flexibility index (Phi) is 9.12. The number of hydrogen-bond acceptors (Lipinski definition) is 11. The highest BCUT2D eigenvalue weighted by atomic mass is 32.2. The van der Waals surface area contributed by atoms with Crippen molar-refractivity contribution in [3.05, 3.63) is 36.4 Å². The Morgan fingerprint density at radius 3 is 2.22 bits per heavy atom. The monoisotopic (exact) mass is 521 g/mol. The van der Waals surface area contributed by atoms with Crippen molar-refractivity contribution in [1.29, 1.82) is 0 Å². The number of sulfonamides is 1. The molecule has 0 aliphatic rings. The smallest absolute Gasteiger partial charge is 0.239 e.